The third kappa shape index (κ3) is 2.93. The SMILES string of the molecule is COC12CC(C(=O)Nc3c[nH]c(Oc4ccc(N5CCOCC5)nc4)c3)(C1)C2. The maximum atomic E-state index is 12.5. The second kappa shape index (κ2) is 6.49. The summed E-state index contributed by atoms with van der Waals surface area (Å²) in [4.78, 5) is 22.2. The van der Waals surface area contributed by atoms with E-state index in [-0.39, 0.29) is 16.9 Å². The van der Waals surface area contributed by atoms with Gasteiger partial charge in [-0.25, -0.2) is 4.98 Å². The highest BCUT2D eigenvalue weighted by Gasteiger charge is 2.72. The molecule has 2 bridgehead atoms. The van der Waals surface area contributed by atoms with Gasteiger partial charge in [0.05, 0.1) is 36.1 Å². The normalized spacial score (nSPS) is 28.2. The number of nitrogens with zero attached hydrogens (tertiary/aromatic N) is 2. The topological polar surface area (TPSA) is 88.7 Å². The molecule has 4 fully saturated rings. The third-order valence-corrected chi connectivity index (χ3v) is 6.09. The largest absolute Gasteiger partial charge is 0.439 e. The zero-order valence-electron chi connectivity index (χ0n) is 15.9. The Kier molecular flexibility index (Phi) is 4.06. The smallest absolute Gasteiger partial charge is 0.230 e. The van der Waals surface area contributed by atoms with Crippen LogP contribution in [0.1, 0.15) is 19.3 Å². The predicted molar refractivity (Wildman–Crippen MR) is 103 cm³/mol. The Morgan fingerprint density at radius 3 is 2.75 bits per heavy atom. The average molecular weight is 384 g/mol. The lowest BCUT2D eigenvalue weighted by Crippen LogP contribution is -2.72. The number of hydrogen-bond acceptors (Lipinski definition) is 6. The molecule has 1 amide bonds. The fourth-order valence-electron chi connectivity index (χ4n) is 4.46. The molecule has 0 aromatic carbocycles. The molecule has 0 radical (unpaired) electrons. The summed E-state index contributed by atoms with van der Waals surface area (Å²) >= 11 is 0. The first-order valence-electron chi connectivity index (χ1n) is 9.62. The van der Waals surface area contributed by atoms with E-state index in [0.717, 1.165) is 51.4 Å². The highest BCUT2D eigenvalue weighted by molar-refractivity contribution is 5.98. The molecule has 8 nitrogen and oxygen atoms in total. The number of methoxy groups -OCH3 is 1. The van der Waals surface area contributed by atoms with E-state index in [9.17, 15) is 4.79 Å². The summed E-state index contributed by atoms with van der Waals surface area (Å²) in [6.07, 6.45) is 5.89. The standard InChI is InChI=1S/C20H24N4O4/c1-26-20-11-19(12-20,13-20)18(25)23-14-8-17(22-9-14)28-15-2-3-16(21-10-15)24-4-6-27-7-5-24/h2-3,8-10,22H,4-7,11-13H2,1H3,(H,23,25). The lowest BCUT2D eigenvalue weighted by molar-refractivity contribution is -0.260. The van der Waals surface area contributed by atoms with Crippen molar-refractivity contribution in [3.8, 4) is 11.6 Å². The fourth-order valence-corrected chi connectivity index (χ4v) is 4.46. The van der Waals surface area contributed by atoms with Crippen molar-refractivity contribution in [1.82, 2.24) is 9.97 Å². The number of aromatic nitrogens is 2. The Balaban J connectivity index is 1.17. The summed E-state index contributed by atoms with van der Waals surface area (Å²) in [5.74, 6) is 2.18. The van der Waals surface area contributed by atoms with Crippen molar-refractivity contribution in [2.75, 3.05) is 43.6 Å². The van der Waals surface area contributed by atoms with Crippen LogP contribution in [0.5, 0.6) is 11.6 Å². The van der Waals surface area contributed by atoms with Gasteiger partial charge in [0.15, 0.2) is 5.88 Å². The minimum Gasteiger partial charge on any atom is -0.439 e. The molecule has 0 atom stereocenters. The van der Waals surface area contributed by atoms with Gasteiger partial charge in [0.1, 0.15) is 11.6 Å². The zero-order chi connectivity index (χ0) is 19.2. The molecule has 1 saturated heterocycles. The van der Waals surface area contributed by atoms with Gasteiger partial charge >= 0.3 is 0 Å². The predicted octanol–water partition coefficient (Wildman–Crippen LogP) is 2.55. The van der Waals surface area contributed by atoms with E-state index in [4.69, 9.17) is 14.2 Å². The van der Waals surface area contributed by atoms with Gasteiger partial charge in [0, 0.05) is 32.5 Å². The molecule has 8 heteroatoms. The van der Waals surface area contributed by atoms with Gasteiger partial charge in [0.25, 0.3) is 0 Å². The second-order valence-electron chi connectivity index (χ2n) is 7.96. The molecule has 148 valence electrons. The van der Waals surface area contributed by atoms with Crippen LogP contribution in [-0.4, -0.2) is 54.9 Å². The number of hydrogen-bond donors (Lipinski definition) is 2. The molecule has 2 aromatic heterocycles. The van der Waals surface area contributed by atoms with Crippen molar-refractivity contribution in [2.24, 2.45) is 5.41 Å². The number of carbonyl (C=O) groups excluding carboxylic acids is 1. The summed E-state index contributed by atoms with van der Waals surface area (Å²) in [6, 6.07) is 5.62. The first-order valence-corrected chi connectivity index (χ1v) is 9.62. The number of anilines is 2. The van der Waals surface area contributed by atoms with Gasteiger partial charge in [-0.15, -0.1) is 0 Å². The number of ether oxygens (including phenoxy) is 3. The highest BCUT2D eigenvalue weighted by Crippen LogP contribution is 2.69. The van der Waals surface area contributed by atoms with Crippen LogP contribution in [0.25, 0.3) is 0 Å². The van der Waals surface area contributed by atoms with Gasteiger partial charge in [-0.1, -0.05) is 0 Å². The lowest BCUT2D eigenvalue weighted by atomic mass is 9.40. The van der Waals surface area contributed by atoms with Crippen molar-refractivity contribution in [1.29, 1.82) is 0 Å². The fraction of sp³-hybridized carbons (Fsp3) is 0.500. The van der Waals surface area contributed by atoms with Crippen LogP contribution in [0.3, 0.4) is 0 Å². The lowest BCUT2D eigenvalue weighted by Gasteiger charge is -2.67. The van der Waals surface area contributed by atoms with Crippen LogP contribution in [0, 0.1) is 5.41 Å². The number of carbonyl (C=O) groups is 1. The summed E-state index contributed by atoms with van der Waals surface area (Å²) in [7, 11) is 1.72. The number of morpholine rings is 1. The molecule has 3 aliphatic carbocycles. The Bertz CT molecular complexity index is 853. The number of amides is 1. The first-order chi connectivity index (χ1) is 13.6. The van der Waals surface area contributed by atoms with E-state index < -0.39 is 0 Å². The van der Waals surface area contributed by atoms with Crippen molar-refractivity contribution < 1.29 is 19.0 Å². The van der Waals surface area contributed by atoms with Crippen LogP contribution in [0.4, 0.5) is 11.5 Å². The highest BCUT2D eigenvalue weighted by atomic mass is 16.5. The molecule has 6 rings (SSSR count). The average Bonchev–Trinajstić information content (AvgIpc) is 3.08. The summed E-state index contributed by atoms with van der Waals surface area (Å²) in [6.45, 7) is 3.15. The molecule has 3 heterocycles. The molecule has 2 aromatic rings. The van der Waals surface area contributed by atoms with Crippen LogP contribution >= 0.6 is 0 Å². The minimum atomic E-state index is -0.243. The molecule has 1 aliphatic heterocycles. The molecular weight excluding hydrogens is 360 g/mol. The number of aromatic amines is 1. The molecule has 0 unspecified atom stereocenters. The van der Waals surface area contributed by atoms with E-state index in [1.165, 1.54) is 0 Å². The van der Waals surface area contributed by atoms with E-state index in [0.29, 0.717) is 17.3 Å². The summed E-state index contributed by atoms with van der Waals surface area (Å²) in [5.41, 5.74) is 0.423. The van der Waals surface area contributed by atoms with Crippen molar-refractivity contribution in [2.45, 2.75) is 24.9 Å². The Labute approximate surface area is 163 Å². The molecule has 2 N–H and O–H groups in total. The van der Waals surface area contributed by atoms with Gasteiger partial charge in [-0.3, -0.25) is 4.79 Å². The van der Waals surface area contributed by atoms with Crippen molar-refractivity contribution in [3.63, 3.8) is 0 Å². The number of nitrogens with one attached hydrogen (secondary N) is 2. The van der Waals surface area contributed by atoms with E-state index in [1.54, 1.807) is 25.6 Å². The number of pyridine rings is 1. The first kappa shape index (κ1) is 17.5. The molecular formula is C20H24N4O4. The maximum Gasteiger partial charge on any atom is 0.230 e. The summed E-state index contributed by atoms with van der Waals surface area (Å²) < 4.78 is 16.6. The second-order valence-corrected chi connectivity index (χ2v) is 7.96. The molecule has 3 saturated carbocycles. The summed E-state index contributed by atoms with van der Waals surface area (Å²) in [5, 5.41) is 2.98. The Morgan fingerprint density at radius 1 is 1.29 bits per heavy atom. The van der Waals surface area contributed by atoms with Crippen LogP contribution in [0.15, 0.2) is 30.6 Å². The van der Waals surface area contributed by atoms with Gasteiger partial charge < -0.3 is 29.4 Å². The van der Waals surface area contributed by atoms with E-state index in [1.807, 2.05) is 12.1 Å². The van der Waals surface area contributed by atoms with Crippen LogP contribution in [-0.2, 0) is 14.3 Å². The molecule has 0 spiro atoms. The van der Waals surface area contributed by atoms with Crippen molar-refractivity contribution in [3.05, 3.63) is 30.6 Å². The van der Waals surface area contributed by atoms with E-state index >= 15 is 0 Å². The zero-order valence-corrected chi connectivity index (χ0v) is 15.9. The third-order valence-electron chi connectivity index (χ3n) is 6.09. The maximum absolute atomic E-state index is 12.5. The number of rotatable bonds is 6. The molecule has 28 heavy (non-hydrogen) atoms. The van der Waals surface area contributed by atoms with Gasteiger partial charge in [-0.05, 0) is 31.4 Å². The number of H-pyrrole nitrogens is 1. The van der Waals surface area contributed by atoms with E-state index in [2.05, 4.69) is 20.2 Å². The monoisotopic (exact) mass is 384 g/mol. The quantitative estimate of drug-likeness (QED) is 0.796. The minimum absolute atomic E-state index is 0.0376. The van der Waals surface area contributed by atoms with Crippen LogP contribution in [0.2, 0.25) is 0 Å². The van der Waals surface area contributed by atoms with Crippen molar-refractivity contribution >= 4 is 17.4 Å². The van der Waals surface area contributed by atoms with Gasteiger partial charge in [0.2, 0.25) is 5.91 Å². The van der Waals surface area contributed by atoms with Gasteiger partial charge in [-0.2, -0.15) is 0 Å². The Morgan fingerprint density at radius 2 is 2.07 bits per heavy atom. The Hall–Kier alpha value is -2.58. The molecule has 4 aliphatic rings. The van der Waals surface area contributed by atoms with Crippen LogP contribution < -0.4 is 15.0 Å².